The Labute approximate surface area is 126 Å². The first-order valence-electron chi connectivity index (χ1n) is 7.64. The van der Waals surface area contributed by atoms with Crippen LogP contribution in [0.5, 0.6) is 5.88 Å². The second-order valence-corrected chi connectivity index (χ2v) is 5.94. The second kappa shape index (κ2) is 4.93. The summed E-state index contributed by atoms with van der Waals surface area (Å²) in [6.07, 6.45) is 4.27. The van der Waals surface area contributed by atoms with E-state index in [0.29, 0.717) is 23.7 Å². The number of aromatic amines is 1. The number of fused-ring (bicyclic) bond motifs is 2. The molecule has 2 aromatic rings. The minimum absolute atomic E-state index is 0.141. The molecule has 6 nitrogen and oxygen atoms in total. The molecule has 0 unspecified atom stereocenters. The third-order valence-corrected chi connectivity index (χ3v) is 4.49. The minimum atomic E-state index is -0.539. The summed E-state index contributed by atoms with van der Waals surface area (Å²) < 4.78 is 20.2. The fourth-order valence-electron chi connectivity index (χ4n) is 3.38. The third-order valence-electron chi connectivity index (χ3n) is 4.49. The van der Waals surface area contributed by atoms with E-state index in [4.69, 9.17) is 4.74 Å². The van der Waals surface area contributed by atoms with Crippen molar-refractivity contribution in [3.63, 3.8) is 0 Å². The fraction of sp³-hybridized carbons (Fsp3) is 0.533. The molecule has 1 N–H and O–H groups in total. The van der Waals surface area contributed by atoms with Crippen LogP contribution in [0.3, 0.4) is 0 Å². The number of halogens is 1. The molecular weight excluding hydrogens is 287 g/mol. The van der Waals surface area contributed by atoms with E-state index in [9.17, 15) is 9.18 Å². The lowest BCUT2D eigenvalue weighted by Gasteiger charge is -2.28. The highest BCUT2D eigenvalue weighted by Crippen LogP contribution is 2.37. The van der Waals surface area contributed by atoms with Gasteiger partial charge in [-0.1, -0.05) is 12.8 Å². The number of H-pyrrole nitrogens is 1. The molecule has 2 aliphatic heterocycles. The Morgan fingerprint density at radius 3 is 3.05 bits per heavy atom. The van der Waals surface area contributed by atoms with E-state index in [1.54, 1.807) is 6.92 Å². The number of anilines is 1. The van der Waals surface area contributed by atoms with Crippen molar-refractivity contribution in [3.8, 4) is 5.88 Å². The molecule has 1 atom stereocenters. The van der Waals surface area contributed by atoms with Gasteiger partial charge in [0.15, 0.2) is 5.82 Å². The number of ether oxygens (including phenoxy) is 1. The highest BCUT2D eigenvalue weighted by atomic mass is 19.1. The number of aromatic nitrogens is 3. The average molecular weight is 304 g/mol. The van der Waals surface area contributed by atoms with Crippen LogP contribution < -0.4 is 15.3 Å². The Morgan fingerprint density at radius 1 is 1.32 bits per heavy atom. The predicted octanol–water partition coefficient (Wildman–Crippen LogP) is 1.91. The number of nitrogens with one attached hydrogen (secondary N) is 1. The summed E-state index contributed by atoms with van der Waals surface area (Å²) in [7, 11) is 0. The van der Waals surface area contributed by atoms with E-state index in [-0.39, 0.29) is 17.3 Å². The molecule has 116 valence electrons. The largest absolute Gasteiger partial charge is 0.475 e. The average Bonchev–Trinajstić information content (AvgIpc) is 2.80. The van der Waals surface area contributed by atoms with Crippen molar-refractivity contribution in [1.29, 1.82) is 0 Å². The van der Waals surface area contributed by atoms with E-state index < -0.39 is 11.5 Å². The number of rotatable bonds is 0. The fourth-order valence-corrected chi connectivity index (χ4v) is 3.38. The van der Waals surface area contributed by atoms with Crippen molar-refractivity contribution < 1.29 is 9.13 Å². The number of hydrogen-bond donors (Lipinski definition) is 1. The molecule has 0 bridgehead atoms. The van der Waals surface area contributed by atoms with Gasteiger partial charge in [-0.05, 0) is 19.8 Å². The number of nitrogens with zero attached hydrogens (tertiary/aromatic N) is 3. The summed E-state index contributed by atoms with van der Waals surface area (Å²) >= 11 is 0. The first-order chi connectivity index (χ1) is 10.6. The van der Waals surface area contributed by atoms with Gasteiger partial charge in [0.05, 0.1) is 17.3 Å². The molecule has 2 aromatic heterocycles. The lowest BCUT2D eigenvalue weighted by Crippen LogP contribution is -2.39. The topological polar surface area (TPSA) is 71.1 Å². The van der Waals surface area contributed by atoms with E-state index in [1.807, 2.05) is 0 Å². The monoisotopic (exact) mass is 304 g/mol. The Hall–Kier alpha value is -2.18. The second-order valence-electron chi connectivity index (χ2n) is 5.94. The highest BCUT2D eigenvalue weighted by molar-refractivity contribution is 5.94. The Morgan fingerprint density at radius 2 is 2.18 bits per heavy atom. The Balaban J connectivity index is 2.04. The summed E-state index contributed by atoms with van der Waals surface area (Å²) in [6.45, 7) is 2.85. The molecule has 1 saturated heterocycles. The molecule has 7 heteroatoms. The summed E-state index contributed by atoms with van der Waals surface area (Å²) in [6, 6.07) is 0.151. The first-order valence-corrected chi connectivity index (χ1v) is 7.64. The van der Waals surface area contributed by atoms with Crippen LogP contribution in [0, 0.1) is 12.7 Å². The van der Waals surface area contributed by atoms with Crippen molar-refractivity contribution >= 4 is 16.7 Å². The lowest BCUT2D eigenvalue weighted by atomic mass is 10.1. The molecule has 22 heavy (non-hydrogen) atoms. The van der Waals surface area contributed by atoms with Gasteiger partial charge >= 0.3 is 5.69 Å². The molecule has 1 fully saturated rings. The van der Waals surface area contributed by atoms with Crippen LogP contribution in [-0.4, -0.2) is 34.1 Å². The van der Waals surface area contributed by atoms with Crippen molar-refractivity contribution in [1.82, 2.24) is 15.0 Å². The Bertz CT molecular complexity index is 804. The zero-order valence-corrected chi connectivity index (χ0v) is 12.4. The van der Waals surface area contributed by atoms with Crippen LogP contribution in [0.4, 0.5) is 10.2 Å². The zero-order chi connectivity index (χ0) is 15.3. The molecule has 0 amide bonds. The summed E-state index contributed by atoms with van der Waals surface area (Å²) in [5, 5.41) is 0.479. The molecule has 0 aromatic carbocycles. The van der Waals surface area contributed by atoms with Crippen molar-refractivity contribution in [2.75, 3.05) is 18.1 Å². The SMILES string of the molecule is Cc1nc2c3c(nc(=O)[nH]c3c1F)N1CCCCC[C@H]1CO2. The van der Waals surface area contributed by atoms with Gasteiger partial charge in [0.1, 0.15) is 17.8 Å². The van der Waals surface area contributed by atoms with E-state index >= 15 is 0 Å². The third kappa shape index (κ3) is 1.95. The maximum atomic E-state index is 14.4. The van der Waals surface area contributed by atoms with Crippen molar-refractivity contribution in [2.24, 2.45) is 0 Å². The van der Waals surface area contributed by atoms with Crippen LogP contribution in [0.1, 0.15) is 31.4 Å². The zero-order valence-electron chi connectivity index (χ0n) is 12.4. The molecule has 4 heterocycles. The minimum Gasteiger partial charge on any atom is -0.475 e. The van der Waals surface area contributed by atoms with Gasteiger partial charge < -0.3 is 14.6 Å². The normalized spacial score (nSPS) is 21.0. The Kier molecular flexibility index (Phi) is 3.02. The van der Waals surface area contributed by atoms with Crippen LogP contribution in [0.15, 0.2) is 4.79 Å². The molecule has 2 aliphatic rings. The van der Waals surface area contributed by atoms with Crippen LogP contribution in [0.25, 0.3) is 10.9 Å². The highest BCUT2D eigenvalue weighted by Gasteiger charge is 2.31. The predicted molar refractivity (Wildman–Crippen MR) is 80.0 cm³/mol. The van der Waals surface area contributed by atoms with Gasteiger partial charge in [-0.2, -0.15) is 4.98 Å². The maximum Gasteiger partial charge on any atom is 0.347 e. The van der Waals surface area contributed by atoms with Gasteiger partial charge in [0.2, 0.25) is 5.88 Å². The van der Waals surface area contributed by atoms with Crippen molar-refractivity contribution in [3.05, 3.63) is 22.0 Å². The van der Waals surface area contributed by atoms with Crippen molar-refractivity contribution in [2.45, 2.75) is 38.6 Å². The van der Waals surface area contributed by atoms with Gasteiger partial charge in [-0.15, -0.1) is 0 Å². The lowest BCUT2D eigenvalue weighted by molar-refractivity contribution is 0.274. The van der Waals surface area contributed by atoms with E-state index in [0.717, 1.165) is 32.2 Å². The quantitative estimate of drug-likeness (QED) is 0.805. The number of pyridine rings is 1. The van der Waals surface area contributed by atoms with Crippen LogP contribution in [0.2, 0.25) is 0 Å². The molecule has 0 radical (unpaired) electrons. The van der Waals surface area contributed by atoms with E-state index in [2.05, 4.69) is 19.9 Å². The van der Waals surface area contributed by atoms with Gasteiger partial charge in [-0.3, -0.25) is 0 Å². The summed E-state index contributed by atoms with van der Waals surface area (Å²) in [5.74, 6) is 0.349. The number of aryl methyl sites for hydroxylation is 1. The number of hydrogen-bond acceptors (Lipinski definition) is 5. The molecule has 0 aliphatic carbocycles. The maximum absolute atomic E-state index is 14.4. The summed E-state index contributed by atoms with van der Waals surface area (Å²) in [5.41, 5.74) is -0.183. The first kappa shape index (κ1) is 13.5. The van der Waals surface area contributed by atoms with Crippen LogP contribution in [-0.2, 0) is 0 Å². The molecular formula is C15H17FN4O2. The molecule has 4 rings (SSSR count). The van der Waals surface area contributed by atoms with Gasteiger partial charge in [-0.25, -0.2) is 14.2 Å². The van der Waals surface area contributed by atoms with Crippen LogP contribution >= 0.6 is 0 Å². The van der Waals surface area contributed by atoms with Gasteiger partial charge in [0.25, 0.3) is 0 Å². The smallest absolute Gasteiger partial charge is 0.347 e. The summed E-state index contributed by atoms with van der Waals surface area (Å²) in [4.78, 5) is 24.8. The standard InChI is InChI=1S/C15H17FN4O2/c1-8-11(16)12-10-13(19-15(21)18-12)20-6-4-2-3-5-9(20)7-22-14(10)17-8/h9H,2-7H2,1H3,(H,18,19,21)/t9-/m0/s1. The molecule has 0 spiro atoms. The molecule has 0 saturated carbocycles. The van der Waals surface area contributed by atoms with E-state index in [1.165, 1.54) is 0 Å². The van der Waals surface area contributed by atoms with Gasteiger partial charge in [0, 0.05) is 6.54 Å².